The lowest BCUT2D eigenvalue weighted by atomic mass is 9.59. The molecule has 2 fully saturated rings. The van der Waals surface area contributed by atoms with Crippen LogP contribution in [0.3, 0.4) is 0 Å². The quantitative estimate of drug-likeness (QED) is 0.334. The Hall–Kier alpha value is -3.43. The number of carbonyl (C=O) groups is 3. The second-order valence-corrected chi connectivity index (χ2v) is 12.0. The molecule has 0 radical (unpaired) electrons. The van der Waals surface area contributed by atoms with E-state index >= 15 is 0 Å². The first kappa shape index (κ1) is 25.8. The normalized spacial score (nSPS) is 29.3. The van der Waals surface area contributed by atoms with Gasteiger partial charge in [-0.3, -0.25) is 24.2 Å². The number of benzene rings is 1. The summed E-state index contributed by atoms with van der Waals surface area (Å²) in [6.07, 6.45) is 6.48. The number of Topliss-reactive ketones (excluding diaryl/α,β-unsaturated/α-hetero) is 2. The van der Waals surface area contributed by atoms with Gasteiger partial charge in [-0.15, -0.1) is 0 Å². The predicted molar refractivity (Wildman–Crippen MR) is 145 cm³/mol. The summed E-state index contributed by atoms with van der Waals surface area (Å²) in [6, 6.07) is 2.70. The highest BCUT2D eigenvalue weighted by Crippen LogP contribution is 2.51. The molecule has 1 aliphatic heterocycles. The molecule has 39 heavy (non-hydrogen) atoms. The zero-order chi connectivity index (χ0) is 27.7. The number of phenolic OH excluding ortho intramolecular Hbond substituents is 1. The molecule has 0 saturated heterocycles. The molecule has 2 saturated carbocycles. The molecule has 4 aliphatic carbocycles. The van der Waals surface area contributed by atoms with Gasteiger partial charge in [-0.25, -0.2) is 0 Å². The van der Waals surface area contributed by atoms with E-state index in [-0.39, 0.29) is 22.6 Å². The number of fused-ring (bicyclic) bond motifs is 3. The Morgan fingerprint density at radius 2 is 1.87 bits per heavy atom. The molecule has 1 amide bonds. The second kappa shape index (κ2) is 9.34. The first-order valence-electron chi connectivity index (χ1n) is 13.8. The van der Waals surface area contributed by atoms with Gasteiger partial charge in [0.05, 0.1) is 17.5 Å². The lowest BCUT2D eigenvalue weighted by molar-refractivity contribution is -0.136. The Morgan fingerprint density at radius 3 is 2.49 bits per heavy atom. The Morgan fingerprint density at radius 1 is 1.13 bits per heavy atom. The third-order valence-corrected chi connectivity index (χ3v) is 9.30. The third kappa shape index (κ3) is 4.10. The number of amides is 1. The van der Waals surface area contributed by atoms with Crippen LogP contribution in [0.4, 0.5) is 0 Å². The van der Waals surface area contributed by atoms with Crippen LogP contribution in [-0.2, 0) is 20.8 Å². The van der Waals surface area contributed by atoms with Gasteiger partial charge in [0.1, 0.15) is 22.8 Å². The van der Waals surface area contributed by atoms with Crippen LogP contribution in [0.2, 0.25) is 0 Å². The first-order valence-corrected chi connectivity index (χ1v) is 13.8. The zero-order valence-electron chi connectivity index (χ0n) is 22.3. The molecule has 9 nitrogen and oxygen atoms in total. The fraction of sp³-hybridized carbons (Fsp3) is 0.500. The van der Waals surface area contributed by atoms with Crippen LogP contribution in [-0.4, -0.2) is 82.4 Å². The van der Waals surface area contributed by atoms with Gasteiger partial charge in [0, 0.05) is 25.2 Å². The summed E-state index contributed by atoms with van der Waals surface area (Å²) in [4.78, 5) is 43.5. The Kier molecular flexibility index (Phi) is 6.19. The molecule has 5 aliphatic rings. The van der Waals surface area contributed by atoms with E-state index in [1.807, 2.05) is 6.07 Å². The second-order valence-electron chi connectivity index (χ2n) is 12.0. The highest BCUT2D eigenvalue weighted by Gasteiger charge is 2.55. The van der Waals surface area contributed by atoms with Crippen molar-refractivity contribution in [2.24, 2.45) is 29.4 Å². The molecule has 9 heteroatoms. The number of aliphatic hydroxyl groups is 2. The maximum absolute atomic E-state index is 13.9. The highest BCUT2D eigenvalue weighted by atomic mass is 16.3. The number of nitrogens with zero attached hydrogens (tertiary/aromatic N) is 2. The number of phenols is 1. The summed E-state index contributed by atoms with van der Waals surface area (Å²) in [5.41, 5.74) is 8.17. The summed E-state index contributed by atoms with van der Waals surface area (Å²) in [5, 5.41) is 33.2. The topological polar surface area (TPSA) is 144 Å². The standard InChI is InChI=1S/C30H35N3O6/c1-32(2)25-19-12-16-11-18-17(15-7-9-33(10-8-15)13-14-3-4-14)5-6-20(34)22(18)26(35)21(16)27(36)23(19)28(37)24(29(25)38)30(31)39/h5-7,14,16,19,23,25,34-35,38H,3-4,8-13H2,1-2H3,(H2,31,39)/t16?,19?,23?,25-/m0/s1. The molecule has 0 bridgehead atoms. The molecule has 4 atom stereocenters. The van der Waals surface area contributed by atoms with Gasteiger partial charge in [-0.1, -0.05) is 12.1 Å². The average Bonchev–Trinajstić information content (AvgIpc) is 3.68. The van der Waals surface area contributed by atoms with Crippen LogP contribution in [0, 0.1) is 23.7 Å². The van der Waals surface area contributed by atoms with E-state index in [9.17, 15) is 29.7 Å². The zero-order valence-corrected chi connectivity index (χ0v) is 22.3. The van der Waals surface area contributed by atoms with Crippen molar-refractivity contribution in [1.82, 2.24) is 9.80 Å². The molecule has 6 rings (SSSR count). The number of aromatic hydroxyl groups is 1. The van der Waals surface area contributed by atoms with E-state index in [0.29, 0.717) is 12.8 Å². The van der Waals surface area contributed by atoms with E-state index in [1.165, 1.54) is 18.4 Å². The van der Waals surface area contributed by atoms with Gasteiger partial charge in [-0.05, 0) is 86.7 Å². The Labute approximate surface area is 227 Å². The monoisotopic (exact) mass is 533 g/mol. The molecule has 0 spiro atoms. The van der Waals surface area contributed by atoms with E-state index < -0.39 is 52.6 Å². The number of ketones is 2. The van der Waals surface area contributed by atoms with Gasteiger partial charge >= 0.3 is 0 Å². The lowest BCUT2D eigenvalue weighted by Crippen LogP contribution is -2.55. The summed E-state index contributed by atoms with van der Waals surface area (Å²) < 4.78 is 0. The van der Waals surface area contributed by atoms with Gasteiger partial charge in [0.25, 0.3) is 5.91 Å². The van der Waals surface area contributed by atoms with E-state index in [2.05, 4.69) is 11.0 Å². The number of allylic oxidation sites excluding steroid dienone is 1. The van der Waals surface area contributed by atoms with E-state index in [4.69, 9.17) is 5.73 Å². The van der Waals surface area contributed by atoms with Crippen LogP contribution < -0.4 is 5.73 Å². The summed E-state index contributed by atoms with van der Waals surface area (Å²) in [7, 11) is 3.43. The van der Waals surface area contributed by atoms with Crippen molar-refractivity contribution in [2.45, 2.75) is 38.1 Å². The third-order valence-electron chi connectivity index (χ3n) is 9.30. The molecular formula is C30H35N3O6. The van der Waals surface area contributed by atoms with Crippen LogP contribution in [0.25, 0.3) is 11.3 Å². The van der Waals surface area contributed by atoms with Crippen LogP contribution >= 0.6 is 0 Å². The molecule has 1 heterocycles. The van der Waals surface area contributed by atoms with Crippen molar-refractivity contribution in [3.63, 3.8) is 0 Å². The largest absolute Gasteiger partial charge is 0.510 e. The number of likely N-dealkylation sites (N-methyl/N-ethyl adjacent to an activating group) is 1. The highest BCUT2D eigenvalue weighted by molar-refractivity contribution is 6.28. The van der Waals surface area contributed by atoms with Crippen LogP contribution in [0.1, 0.15) is 42.4 Å². The smallest absolute Gasteiger partial charge is 0.255 e. The van der Waals surface area contributed by atoms with Gasteiger partial charge in [0.2, 0.25) is 0 Å². The van der Waals surface area contributed by atoms with Crippen molar-refractivity contribution in [2.75, 3.05) is 33.7 Å². The number of nitrogens with two attached hydrogens (primary N) is 1. The Bertz CT molecular complexity index is 1380. The SMILES string of the molecule is CN(C)[C@@H]1C(O)=C(C(N)=O)C(=O)C2C(=O)C3=C(O)c4c(O)ccc(C5=CCN(CC6CC6)CC5)c4CC3CC21. The fourth-order valence-electron chi connectivity index (χ4n) is 7.35. The summed E-state index contributed by atoms with van der Waals surface area (Å²) >= 11 is 0. The minimum Gasteiger partial charge on any atom is -0.510 e. The van der Waals surface area contributed by atoms with Crippen LogP contribution in [0.5, 0.6) is 5.75 Å². The minimum absolute atomic E-state index is 0.112. The van der Waals surface area contributed by atoms with E-state index in [0.717, 1.165) is 43.1 Å². The van der Waals surface area contributed by atoms with Crippen molar-refractivity contribution in [1.29, 1.82) is 0 Å². The maximum Gasteiger partial charge on any atom is 0.255 e. The fourth-order valence-corrected chi connectivity index (χ4v) is 7.35. The molecule has 206 valence electrons. The molecule has 1 aromatic rings. The van der Waals surface area contributed by atoms with E-state index in [1.54, 1.807) is 25.1 Å². The molecule has 3 unspecified atom stereocenters. The van der Waals surface area contributed by atoms with Gasteiger partial charge < -0.3 is 21.1 Å². The van der Waals surface area contributed by atoms with Crippen molar-refractivity contribution >= 4 is 28.8 Å². The number of aliphatic hydroxyl groups excluding tert-OH is 2. The van der Waals surface area contributed by atoms with Crippen molar-refractivity contribution in [3.8, 4) is 5.75 Å². The maximum atomic E-state index is 13.9. The molecule has 5 N–H and O–H groups in total. The van der Waals surface area contributed by atoms with Crippen molar-refractivity contribution in [3.05, 3.63) is 51.8 Å². The minimum atomic E-state index is -1.24. The summed E-state index contributed by atoms with van der Waals surface area (Å²) in [5.74, 6) is -4.68. The number of hydrogen-bond acceptors (Lipinski definition) is 8. The first-order chi connectivity index (χ1) is 18.6. The van der Waals surface area contributed by atoms with Crippen molar-refractivity contribution < 1.29 is 29.7 Å². The van der Waals surface area contributed by atoms with Gasteiger partial charge in [0.15, 0.2) is 11.6 Å². The number of primary amides is 1. The molecule has 0 aromatic heterocycles. The number of carbonyl (C=O) groups excluding carboxylic acids is 3. The molecular weight excluding hydrogens is 498 g/mol. The van der Waals surface area contributed by atoms with Crippen LogP contribution in [0.15, 0.2) is 35.1 Å². The Balaban J connectivity index is 1.40. The lowest BCUT2D eigenvalue weighted by Gasteiger charge is -2.46. The van der Waals surface area contributed by atoms with Gasteiger partial charge in [-0.2, -0.15) is 0 Å². The predicted octanol–water partition coefficient (Wildman–Crippen LogP) is 2.35. The number of hydrogen-bond donors (Lipinski definition) is 4. The number of rotatable bonds is 5. The average molecular weight is 534 g/mol. The summed E-state index contributed by atoms with van der Waals surface area (Å²) in [6.45, 7) is 2.94. The molecule has 1 aromatic carbocycles.